The van der Waals surface area contributed by atoms with E-state index in [1.165, 1.54) is 11.1 Å². The summed E-state index contributed by atoms with van der Waals surface area (Å²) in [7, 11) is 0. The van der Waals surface area contributed by atoms with E-state index in [0.717, 1.165) is 11.3 Å². The minimum atomic E-state index is 0.149. The average molecular weight is 324 g/mol. The Morgan fingerprint density at radius 2 is 1.32 bits per heavy atom. The van der Waals surface area contributed by atoms with Crippen molar-refractivity contribution in [3.63, 3.8) is 0 Å². The van der Waals surface area contributed by atoms with Crippen LogP contribution in [-0.2, 0) is 0 Å². The molecule has 2 heteroatoms. The van der Waals surface area contributed by atoms with Gasteiger partial charge in [-0.05, 0) is 16.7 Å². The lowest BCUT2D eigenvalue weighted by Gasteiger charge is -2.18. The predicted molar refractivity (Wildman–Crippen MR) is 104 cm³/mol. The summed E-state index contributed by atoms with van der Waals surface area (Å²) in [5.74, 6) is 0.185. The van der Waals surface area contributed by atoms with Crippen molar-refractivity contribution in [2.45, 2.75) is 6.04 Å². The highest BCUT2D eigenvalue weighted by Gasteiger charge is 2.31. The number of nitrogens with one attached hydrogen (secondary N) is 1. The molecule has 0 fully saturated rings. The first-order valence-corrected chi connectivity index (χ1v) is 8.58. The molecule has 0 saturated heterocycles. The SMILES string of the molecule is C(=C\[C@@H]1C(c2ccccc2)=NN[C@H]1c1ccccc1)/c1ccccc1. The van der Waals surface area contributed by atoms with Crippen LogP contribution < -0.4 is 5.43 Å². The molecule has 0 radical (unpaired) electrons. The molecule has 1 heterocycles. The standard InChI is InChI=1S/C23H20N2/c1-4-10-18(11-5-1)16-17-21-22(19-12-6-2-7-13-19)24-25-23(21)20-14-8-3-9-15-20/h1-17,21-22,24H/b17-16+/t21-,22-/m0/s1. The highest BCUT2D eigenvalue weighted by molar-refractivity contribution is 6.05. The number of benzene rings is 3. The third kappa shape index (κ3) is 3.38. The smallest absolute Gasteiger partial charge is 0.0808 e. The van der Waals surface area contributed by atoms with Gasteiger partial charge in [0.05, 0.1) is 11.8 Å². The summed E-state index contributed by atoms with van der Waals surface area (Å²) in [6.45, 7) is 0. The zero-order chi connectivity index (χ0) is 16.9. The van der Waals surface area contributed by atoms with Gasteiger partial charge >= 0.3 is 0 Å². The maximum absolute atomic E-state index is 4.67. The van der Waals surface area contributed by atoms with Gasteiger partial charge in [0.15, 0.2) is 0 Å². The molecule has 3 aromatic rings. The van der Waals surface area contributed by atoms with Crippen LogP contribution in [0.25, 0.3) is 6.08 Å². The third-order valence-corrected chi connectivity index (χ3v) is 4.52. The molecule has 0 bridgehead atoms. The van der Waals surface area contributed by atoms with Gasteiger partial charge in [0, 0.05) is 5.92 Å². The molecule has 1 aliphatic heterocycles. The molecule has 0 aromatic heterocycles. The second kappa shape index (κ2) is 7.18. The van der Waals surface area contributed by atoms with Crippen LogP contribution in [0.3, 0.4) is 0 Å². The maximum atomic E-state index is 4.67. The number of rotatable bonds is 4. The Morgan fingerprint density at radius 3 is 2.00 bits per heavy atom. The summed E-state index contributed by atoms with van der Waals surface area (Å²) in [6, 6.07) is 31.5. The molecular formula is C23H20N2. The summed E-state index contributed by atoms with van der Waals surface area (Å²) >= 11 is 0. The average Bonchev–Trinajstić information content (AvgIpc) is 3.12. The first kappa shape index (κ1) is 15.4. The fraction of sp³-hybridized carbons (Fsp3) is 0.0870. The van der Waals surface area contributed by atoms with E-state index >= 15 is 0 Å². The van der Waals surface area contributed by atoms with Gasteiger partial charge in [0.25, 0.3) is 0 Å². The van der Waals surface area contributed by atoms with Crippen molar-refractivity contribution in [2.24, 2.45) is 11.0 Å². The van der Waals surface area contributed by atoms with Gasteiger partial charge in [-0.1, -0.05) is 103 Å². The van der Waals surface area contributed by atoms with E-state index in [0.29, 0.717) is 0 Å². The number of nitrogens with zero attached hydrogens (tertiary/aromatic N) is 1. The van der Waals surface area contributed by atoms with Crippen LogP contribution in [0, 0.1) is 5.92 Å². The van der Waals surface area contributed by atoms with E-state index in [9.17, 15) is 0 Å². The quantitative estimate of drug-likeness (QED) is 0.712. The van der Waals surface area contributed by atoms with Crippen molar-refractivity contribution in [2.75, 3.05) is 0 Å². The molecule has 3 aromatic carbocycles. The summed E-state index contributed by atoms with van der Waals surface area (Å²) in [5.41, 5.74) is 8.04. The predicted octanol–water partition coefficient (Wildman–Crippen LogP) is 5.06. The van der Waals surface area contributed by atoms with Crippen molar-refractivity contribution in [3.8, 4) is 0 Å². The lowest BCUT2D eigenvalue weighted by Crippen LogP contribution is -2.20. The second-order valence-corrected chi connectivity index (χ2v) is 6.18. The largest absolute Gasteiger partial charge is 0.301 e. The van der Waals surface area contributed by atoms with Crippen LogP contribution in [0.5, 0.6) is 0 Å². The molecule has 25 heavy (non-hydrogen) atoms. The maximum Gasteiger partial charge on any atom is 0.0808 e. The molecule has 0 saturated carbocycles. The monoisotopic (exact) mass is 324 g/mol. The molecule has 2 atom stereocenters. The van der Waals surface area contributed by atoms with E-state index in [2.05, 4.69) is 95.5 Å². The second-order valence-electron chi connectivity index (χ2n) is 6.18. The Morgan fingerprint density at radius 1 is 0.720 bits per heavy atom. The van der Waals surface area contributed by atoms with E-state index in [1.807, 2.05) is 18.2 Å². The summed E-state index contributed by atoms with van der Waals surface area (Å²) in [4.78, 5) is 0. The normalized spacial score (nSPS) is 19.6. The van der Waals surface area contributed by atoms with Crippen molar-refractivity contribution in [1.82, 2.24) is 5.43 Å². The summed E-state index contributed by atoms with van der Waals surface area (Å²) < 4.78 is 0. The van der Waals surface area contributed by atoms with Crippen LogP contribution in [0.15, 0.2) is 102 Å². The number of hydrazone groups is 1. The molecular weight excluding hydrogens is 304 g/mol. The molecule has 4 rings (SSSR count). The van der Waals surface area contributed by atoms with Gasteiger partial charge in [-0.25, -0.2) is 0 Å². The van der Waals surface area contributed by atoms with Crippen molar-refractivity contribution in [3.05, 3.63) is 114 Å². The van der Waals surface area contributed by atoms with Gasteiger partial charge in [0.1, 0.15) is 0 Å². The Bertz CT molecular complexity index is 868. The van der Waals surface area contributed by atoms with E-state index < -0.39 is 0 Å². The van der Waals surface area contributed by atoms with Gasteiger partial charge in [0.2, 0.25) is 0 Å². The van der Waals surface area contributed by atoms with E-state index in [4.69, 9.17) is 0 Å². The first-order valence-electron chi connectivity index (χ1n) is 8.58. The zero-order valence-electron chi connectivity index (χ0n) is 13.9. The molecule has 2 nitrogen and oxygen atoms in total. The Labute approximate surface area is 148 Å². The van der Waals surface area contributed by atoms with Crippen LogP contribution >= 0.6 is 0 Å². The Hall–Kier alpha value is -3.13. The van der Waals surface area contributed by atoms with Crippen LogP contribution in [0.1, 0.15) is 22.7 Å². The number of hydrogen-bond donors (Lipinski definition) is 1. The van der Waals surface area contributed by atoms with E-state index in [1.54, 1.807) is 0 Å². The Kier molecular flexibility index (Phi) is 4.42. The van der Waals surface area contributed by atoms with Gasteiger partial charge < -0.3 is 5.43 Å². The summed E-state index contributed by atoms with van der Waals surface area (Å²) in [5, 5.41) is 4.67. The third-order valence-electron chi connectivity index (χ3n) is 4.52. The molecule has 0 amide bonds. The molecule has 0 unspecified atom stereocenters. The summed E-state index contributed by atoms with van der Waals surface area (Å²) in [6.07, 6.45) is 4.45. The molecule has 0 spiro atoms. The van der Waals surface area contributed by atoms with Gasteiger partial charge in [-0.2, -0.15) is 5.10 Å². The molecule has 0 aliphatic carbocycles. The van der Waals surface area contributed by atoms with Crippen molar-refractivity contribution in [1.29, 1.82) is 0 Å². The molecule has 122 valence electrons. The minimum absolute atomic E-state index is 0.149. The van der Waals surface area contributed by atoms with Gasteiger partial charge in [-0.3, -0.25) is 0 Å². The topological polar surface area (TPSA) is 24.4 Å². The van der Waals surface area contributed by atoms with Crippen molar-refractivity contribution >= 4 is 11.8 Å². The highest BCUT2D eigenvalue weighted by atomic mass is 15.3. The lowest BCUT2D eigenvalue weighted by molar-refractivity contribution is 0.557. The highest BCUT2D eigenvalue weighted by Crippen LogP contribution is 2.32. The number of hydrogen-bond acceptors (Lipinski definition) is 2. The first-order chi connectivity index (χ1) is 12.4. The van der Waals surface area contributed by atoms with Gasteiger partial charge in [-0.15, -0.1) is 0 Å². The fourth-order valence-corrected chi connectivity index (χ4v) is 3.24. The lowest BCUT2D eigenvalue weighted by atomic mass is 9.87. The van der Waals surface area contributed by atoms with Crippen LogP contribution in [0.4, 0.5) is 0 Å². The van der Waals surface area contributed by atoms with Crippen LogP contribution in [0.2, 0.25) is 0 Å². The molecule has 1 aliphatic rings. The fourth-order valence-electron chi connectivity index (χ4n) is 3.24. The Balaban J connectivity index is 1.69. The van der Waals surface area contributed by atoms with E-state index in [-0.39, 0.29) is 12.0 Å². The minimum Gasteiger partial charge on any atom is -0.301 e. The zero-order valence-corrected chi connectivity index (χ0v) is 13.9. The van der Waals surface area contributed by atoms with Crippen molar-refractivity contribution < 1.29 is 0 Å². The van der Waals surface area contributed by atoms with Crippen LogP contribution in [-0.4, -0.2) is 5.71 Å². The molecule has 1 N–H and O–H groups in total.